The Morgan fingerprint density at radius 3 is 0.814 bits per heavy atom. The minimum Gasteiger partial charge on any atom is -0.497 e. The minimum absolute atomic E-state index is 0.216. The van der Waals surface area contributed by atoms with E-state index in [0.29, 0.717) is 23.0 Å². The highest BCUT2D eigenvalue weighted by Gasteiger charge is 2.53. The first-order valence-electron chi connectivity index (χ1n) is 13.0. The highest BCUT2D eigenvalue weighted by molar-refractivity contribution is 7.87. The minimum atomic E-state index is -4.20. The van der Waals surface area contributed by atoms with E-state index in [-0.39, 0.29) is 21.2 Å². The van der Waals surface area contributed by atoms with Gasteiger partial charge in [0.1, 0.15) is 33.6 Å². The Kier molecular flexibility index (Phi) is 8.32. The molecular formula is C32H28O9P2. The molecule has 9 nitrogen and oxygen atoms in total. The summed E-state index contributed by atoms with van der Waals surface area (Å²) in [5, 5.41) is -0.0462. The van der Waals surface area contributed by atoms with Gasteiger partial charge in [-0.2, -0.15) is 0 Å². The lowest BCUT2D eigenvalue weighted by Crippen LogP contribution is -2.23. The van der Waals surface area contributed by atoms with Crippen LogP contribution >= 0.6 is 14.3 Å². The Bertz CT molecular complexity index is 1560. The smallest absolute Gasteiger partial charge is 0.351 e. The lowest BCUT2D eigenvalue weighted by atomic mass is 10.3. The lowest BCUT2D eigenvalue weighted by molar-refractivity contribution is -0.150. The van der Waals surface area contributed by atoms with Crippen LogP contribution in [0.25, 0.3) is 0 Å². The van der Waals surface area contributed by atoms with Crippen molar-refractivity contribution in [3.63, 3.8) is 0 Å². The normalized spacial score (nSPS) is 13.5. The number of rotatable bonds is 10. The summed E-state index contributed by atoms with van der Waals surface area (Å²) in [5.74, 6) is -0.287. The molecule has 0 aliphatic carbocycles. The second-order valence-electron chi connectivity index (χ2n) is 9.38. The molecule has 0 N–H and O–H groups in total. The first-order valence-corrected chi connectivity index (χ1v) is 16.4. The molecule has 0 amide bonds. The van der Waals surface area contributed by atoms with Crippen molar-refractivity contribution in [1.29, 1.82) is 0 Å². The Labute approximate surface area is 248 Å². The SMILES string of the molecule is COc1ccc(P(=O)(C2=C(P(=O)(c3ccc(OC)cc3)c3ccc(OC)cc3)C(=O)OC2=O)c2ccc(OC)cc2)cc1. The van der Waals surface area contributed by atoms with Gasteiger partial charge < -0.3 is 32.8 Å². The van der Waals surface area contributed by atoms with E-state index in [1.165, 1.54) is 28.4 Å². The summed E-state index contributed by atoms with van der Waals surface area (Å²) in [7, 11) is -2.43. The number of cyclic esters (lactones) is 2. The maximum Gasteiger partial charge on any atom is 0.351 e. The molecule has 4 aromatic carbocycles. The van der Waals surface area contributed by atoms with Gasteiger partial charge in [-0.3, -0.25) is 0 Å². The predicted molar refractivity (Wildman–Crippen MR) is 164 cm³/mol. The molecule has 1 aliphatic rings. The van der Waals surface area contributed by atoms with E-state index in [0.717, 1.165) is 0 Å². The fraction of sp³-hybridized carbons (Fsp3) is 0.125. The van der Waals surface area contributed by atoms with Crippen molar-refractivity contribution >= 4 is 47.4 Å². The van der Waals surface area contributed by atoms with Crippen molar-refractivity contribution in [2.45, 2.75) is 0 Å². The van der Waals surface area contributed by atoms with Crippen molar-refractivity contribution in [1.82, 2.24) is 0 Å². The average molecular weight is 619 g/mol. The Morgan fingerprint density at radius 2 is 0.628 bits per heavy atom. The molecule has 0 bridgehead atoms. The van der Waals surface area contributed by atoms with Crippen LogP contribution < -0.4 is 40.2 Å². The molecule has 43 heavy (non-hydrogen) atoms. The van der Waals surface area contributed by atoms with E-state index < -0.39 is 36.9 Å². The predicted octanol–water partition coefficient (Wildman–Crippen LogP) is 4.34. The van der Waals surface area contributed by atoms with Crippen molar-refractivity contribution in [3.05, 3.63) is 108 Å². The van der Waals surface area contributed by atoms with Crippen LogP contribution in [0.4, 0.5) is 0 Å². The molecule has 5 rings (SSSR count). The van der Waals surface area contributed by atoms with Gasteiger partial charge in [0.05, 0.1) is 28.4 Å². The number of carbonyl (C=O) groups is 2. The second kappa shape index (κ2) is 12.0. The van der Waals surface area contributed by atoms with Crippen LogP contribution in [0.2, 0.25) is 0 Å². The van der Waals surface area contributed by atoms with Gasteiger partial charge in [0, 0.05) is 21.2 Å². The zero-order valence-corrected chi connectivity index (χ0v) is 25.6. The summed E-state index contributed by atoms with van der Waals surface area (Å²) >= 11 is 0. The number of esters is 2. The summed E-state index contributed by atoms with van der Waals surface area (Å²) in [6.45, 7) is 0. The molecule has 220 valence electrons. The van der Waals surface area contributed by atoms with Crippen molar-refractivity contribution in [3.8, 4) is 23.0 Å². The van der Waals surface area contributed by atoms with Gasteiger partial charge in [-0.25, -0.2) is 9.59 Å². The van der Waals surface area contributed by atoms with Gasteiger partial charge in [0.2, 0.25) is 0 Å². The number of methoxy groups -OCH3 is 4. The van der Waals surface area contributed by atoms with Crippen molar-refractivity contribution in [2.24, 2.45) is 0 Å². The van der Waals surface area contributed by atoms with Gasteiger partial charge in [-0.05, 0) is 97.1 Å². The monoisotopic (exact) mass is 618 g/mol. The number of ether oxygens (including phenoxy) is 5. The topological polar surface area (TPSA) is 114 Å². The third-order valence-corrected chi connectivity index (χ3v) is 13.5. The van der Waals surface area contributed by atoms with E-state index in [2.05, 4.69) is 0 Å². The molecule has 0 atom stereocenters. The molecule has 0 spiro atoms. The molecule has 1 heterocycles. The van der Waals surface area contributed by atoms with Crippen LogP contribution in [0, 0.1) is 0 Å². The summed E-state index contributed by atoms with van der Waals surface area (Å²) in [6.07, 6.45) is 0. The fourth-order valence-corrected chi connectivity index (χ4v) is 11.0. The number of benzene rings is 4. The van der Waals surface area contributed by atoms with E-state index in [1.807, 2.05) is 0 Å². The third kappa shape index (κ3) is 5.16. The standard InChI is InChI=1S/C32H28O9P2/c1-37-21-5-13-25(14-6-21)42(35,26-15-7-22(38-2)8-16-26)29-30(32(34)41-31(29)33)43(36,27-17-9-23(39-3)10-18-27)28-19-11-24(40-4)12-20-28/h5-20H,1-4H3. The van der Waals surface area contributed by atoms with Gasteiger partial charge in [-0.1, -0.05) is 0 Å². The maximum absolute atomic E-state index is 15.5. The molecule has 0 saturated carbocycles. The molecule has 11 heteroatoms. The Balaban J connectivity index is 1.89. The number of hydrogen-bond donors (Lipinski definition) is 0. The Morgan fingerprint density at radius 1 is 0.419 bits per heavy atom. The van der Waals surface area contributed by atoms with Crippen LogP contribution in [-0.2, 0) is 23.5 Å². The molecule has 0 unspecified atom stereocenters. The van der Waals surface area contributed by atoms with Gasteiger partial charge >= 0.3 is 11.9 Å². The zero-order chi connectivity index (χ0) is 30.8. The molecular weight excluding hydrogens is 590 g/mol. The molecule has 0 saturated heterocycles. The maximum atomic E-state index is 15.5. The number of hydrogen-bond acceptors (Lipinski definition) is 9. The van der Waals surface area contributed by atoms with Gasteiger partial charge in [-0.15, -0.1) is 0 Å². The first kappa shape index (κ1) is 29.9. The highest BCUT2D eigenvalue weighted by atomic mass is 31.2. The fourth-order valence-electron chi connectivity index (χ4n) is 4.91. The average Bonchev–Trinajstić information content (AvgIpc) is 3.38. The number of carbonyl (C=O) groups excluding carboxylic acids is 2. The van der Waals surface area contributed by atoms with Crippen molar-refractivity contribution < 1.29 is 42.4 Å². The lowest BCUT2D eigenvalue weighted by Gasteiger charge is -2.24. The van der Waals surface area contributed by atoms with Crippen LogP contribution in [0.5, 0.6) is 23.0 Å². The van der Waals surface area contributed by atoms with Crippen LogP contribution in [-0.4, -0.2) is 40.4 Å². The van der Waals surface area contributed by atoms with Crippen LogP contribution in [0.3, 0.4) is 0 Å². The van der Waals surface area contributed by atoms with E-state index >= 15 is 9.13 Å². The quantitative estimate of drug-likeness (QED) is 0.145. The Hall–Kier alpha value is -4.58. The highest BCUT2D eigenvalue weighted by Crippen LogP contribution is 2.64. The summed E-state index contributed by atoms with van der Waals surface area (Å²) in [6, 6.07) is 25.2. The molecule has 1 aliphatic heterocycles. The molecule has 0 aromatic heterocycles. The molecule has 0 fully saturated rings. The second-order valence-corrected chi connectivity index (χ2v) is 14.8. The van der Waals surface area contributed by atoms with E-state index in [1.54, 1.807) is 97.1 Å². The molecule has 4 aromatic rings. The zero-order valence-electron chi connectivity index (χ0n) is 23.8. The summed E-state index contributed by atoms with van der Waals surface area (Å²) < 4.78 is 57.4. The summed E-state index contributed by atoms with van der Waals surface area (Å²) in [5.41, 5.74) is 0. The van der Waals surface area contributed by atoms with E-state index in [4.69, 9.17) is 23.7 Å². The van der Waals surface area contributed by atoms with Crippen molar-refractivity contribution in [2.75, 3.05) is 28.4 Å². The van der Waals surface area contributed by atoms with Gasteiger partial charge in [0.15, 0.2) is 14.3 Å². The van der Waals surface area contributed by atoms with Gasteiger partial charge in [0.25, 0.3) is 0 Å². The molecule has 0 radical (unpaired) electrons. The van der Waals surface area contributed by atoms with Crippen LogP contribution in [0.1, 0.15) is 0 Å². The third-order valence-electron chi connectivity index (χ3n) is 7.17. The van der Waals surface area contributed by atoms with E-state index in [9.17, 15) is 9.59 Å². The first-order chi connectivity index (χ1) is 20.7. The largest absolute Gasteiger partial charge is 0.497 e. The summed E-state index contributed by atoms with van der Waals surface area (Å²) in [4.78, 5) is 27.3. The van der Waals surface area contributed by atoms with Crippen LogP contribution in [0.15, 0.2) is 108 Å².